The highest BCUT2D eigenvalue weighted by atomic mass is 16.5. The van der Waals surface area contributed by atoms with Crippen LogP contribution in [-0.2, 0) is 4.74 Å². The summed E-state index contributed by atoms with van der Waals surface area (Å²) < 4.78 is 5.59. The summed E-state index contributed by atoms with van der Waals surface area (Å²) in [6, 6.07) is 0.699. The maximum Gasteiger partial charge on any atom is 0.0652 e. The molecule has 3 heteroatoms. The molecule has 0 amide bonds. The van der Waals surface area contributed by atoms with Crippen molar-refractivity contribution in [1.82, 2.24) is 10.2 Å². The molecule has 1 saturated carbocycles. The Labute approximate surface area is 112 Å². The van der Waals surface area contributed by atoms with Gasteiger partial charge in [-0.3, -0.25) is 4.90 Å². The number of hydrogen-bond acceptors (Lipinski definition) is 3. The average molecular weight is 254 g/mol. The van der Waals surface area contributed by atoms with Crippen LogP contribution < -0.4 is 5.32 Å². The number of methoxy groups -OCH3 is 1. The summed E-state index contributed by atoms with van der Waals surface area (Å²) in [4.78, 5) is 2.73. The van der Waals surface area contributed by atoms with Gasteiger partial charge < -0.3 is 10.1 Å². The van der Waals surface area contributed by atoms with Crippen molar-refractivity contribution in [3.05, 3.63) is 0 Å². The second-order valence-corrected chi connectivity index (χ2v) is 7.12. The fourth-order valence-electron chi connectivity index (χ4n) is 3.72. The molecule has 0 aromatic rings. The van der Waals surface area contributed by atoms with Gasteiger partial charge in [-0.1, -0.05) is 27.7 Å². The largest absolute Gasteiger partial charge is 0.381 e. The molecule has 106 valence electrons. The zero-order chi connectivity index (χ0) is 13.3. The predicted molar refractivity (Wildman–Crippen MR) is 75.8 cm³/mol. The summed E-state index contributed by atoms with van der Waals surface area (Å²) in [5.74, 6) is 1.49. The first-order valence-electron chi connectivity index (χ1n) is 7.42. The SMILES string of the molecule is COC1CC(N2CC(C)CNCC(C)C2)C1(C)C. The van der Waals surface area contributed by atoms with Crippen molar-refractivity contribution >= 4 is 0 Å². The summed E-state index contributed by atoms with van der Waals surface area (Å²) in [6.07, 6.45) is 1.65. The lowest BCUT2D eigenvalue weighted by molar-refractivity contribution is -0.142. The van der Waals surface area contributed by atoms with Crippen LogP contribution in [0, 0.1) is 17.3 Å². The number of rotatable bonds is 2. The van der Waals surface area contributed by atoms with Gasteiger partial charge in [0.2, 0.25) is 0 Å². The highest BCUT2D eigenvalue weighted by Crippen LogP contribution is 2.45. The summed E-state index contributed by atoms with van der Waals surface area (Å²) >= 11 is 0. The number of hydrogen-bond donors (Lipinski definition) is 1. The van der Waals surface area contributed by atoms with Crippen molar-refractivity contribution in [2.24, 2.45) is 17.3 Å². The quantitative estimate of drug-likeness (QED) is 0.815. The van der Waals surface area contributed by atoms with Crippen LogP contribution in [0.5, 0.6) is 0 Å². The molecular weight excluding hydrogens is 224 g/mol. The van der Waals surface area contributed by atoms with Crippen molar-refractivity contribution in [1.29, 1.82) is 0 Å². The molecule has 2 fully saturated rings. The van der Waals surface area contributed by atoms with E-state index in [-0.39, 0.29) is 0 Å². The van der Waals surface area contributed by atoms with Crippen LogP contribution in [0.3, 0.4) is 0 Å². The molecule has 1 N–H and O–H groups in total. The van der Waals surface area contributed by atoms with Gasteiger partial charge in [-0.2, -0.15) is 0 Å². The number of nitrogens with one attached hydrogen (secondary N) is 1. The Morgan fingerprint density at radius 2 is 1.67 bits per heavy atom. The standard InChI is InChI=1S/C15H30N2O/c1-11-7-16-8-12(2)10-17(9-11)13-6-14(18-5)15(13,3)4/h11-14,16H,6-10H2,1-5H3. The van der Waals surface area contributed by atoms with Gasteiger partial charge >= 0.3 is 0 Å². The van der Waals surface area contributed by atoms with Crippen LogP contribution in [0.15, 0.2) is 0 Å². The van der Waals surface area contributed by atoms with Gasteiger partial charge in [0.15, 0.2) is 0 Å². The summed E-state index contributed by atoms with van der Waals surface area (Å²) in [5.41, 5.74) is 0.306. The van der Waals surface area contributed by atoms with Crippen molar-refractivity contribution in [2.45, 2.75) is 46.3 Å². The molecule has 2 aliphatic rings. The van der Waals surface area contributed by atoms with E-state index in [2.05, 4.69) is 37.9 Å². The molecule has 18 heavy (non-hydrogen) atoms. The van der Waals surface area contributed by atoms with E-state index in [0.29, 0.717) is 17.6 Å². The van der Waals surface area contributed by atoms with Crippen molar-refractivity contribution in [2.75, 3.05) is 33.3 Å². The van der Waals surface area contributed by atoms with E-state index in [4.69, 9.17) is 4.74 Å². The van der Waals surface area contributed by atoms with E-state index in [1.807, 2.05) is 7.11 Å². The fraction of sp³-hybridized carbons (Fsp3) is 1.00. The zero-order valence-electron chi connectivity index (χ0n) is 12.7. The molecule has 1 saturated heterocycles. The highest BCUT2D eigenvalue weighted by molar-refractivity contribution is 5.04. The van der Waals surface area contributed by atoms with Crippen molar-refractivity contribution < 1.29 is 4.74 Å². The first-order chi connectivity index (χ1) is 8.45. The number of nitrogens with zero attached hydrogens (tertiary/aromatic N) is 1. The lowest BCUT2D eigenvalue weighted by Gasteiger charge is -2.56. The van der Waals surface area contributed by atoms with E-state index in [1.54, 1.807) is 0 Å². The average Bonchev–Trinajstić information content (AvgIpc) is 2.25. The lowest BCUT2D eigenvalue weighted by Crippen LogP contribution is -2.63. The maximum atomic E-state index is 5.59. The molecule has 0 bridgehead atoms. The first-order valence-corrected chi connectivity index (χ1v) is 7.42. The van der Waals surface area contributed by atoms with Crippen LogP contribution in [-0.4, -0.2) is 50.3 Å². The van der Waals surface area contributed by atoms with E-state index >= 15 is 0 Å². The smallest absolute Gasteiger partial charge is 0.0652 e. The molecule has 1 aliphatic heterocycles. The van der Waals surface area contributed by atoms with Gasteiger partial charge in [0.05, 0.1) is 6.10 Å². The van der Waals surface area contributed by atoms with E-state index in [0.717, 1.165) is 24.9 Å². The molecule has 4 unspecified atom stereocenters. The van der Waals surface area contributed by atoms with Crippen molar-refractivity contribution in [3.63, 3.8) is 0 Å². The maximum absolute atomic E-state index is 5.59. The molecule has 1 aliphatic carbocycles. The van der Waals surface area contributed by atoms with Gasteiger partial charge in [0.25, 0.3) is 0 Å². The fourth-order valence-corrected chi connectivity index (χ4v) is 3.72. The minimum atomic E-state index is 0.306. The van der Waals surface area contributed by atoms with Crippen LogP contribution in [0.2, 0.25) is 0 Å². The van der Waals surface area contributed by atoms with Gasteiger partial charge in [0, 0.05) is 31.7 Å². The topological polar surface area (TPSA) is 24.5 Å². The second kappa shape index (κ2) is 5.48. The third kappa shape index (κ3) is 2.73. The molecule has 4 atom stereocenters. The Morgan fingerprint density at radius 3 is 2.11 bits per heavy atom. The predicted octanol–water partition coefficient (Wildman–Crippen LogP) is 1.98. The van der Waals surface area contributed by atoms with Gasteiger partial charge in [0.1, 0.15) is 0 Å². The Bertz CT molecular complexity index is 268. The Kier molecular flexibility index (Phi) is 4.35. The Hall–Kier alpha value is -0.120. The third-order valence-corrected chi connectivity index (χ3v) is 4.93. The molecule has 0 radical (unpaired) electrons. The third-order valence-electron chi connectivity index (χ3n) is 4.93. The van der Waals surface area contributed by atoms with E-state index < -0.39 is 0 Å². The molecule has 0 aromatic carbocycles. The van der Waals surface area contributed by atoms with Crippen LogP contribution in [0.4, 0.5) is 0 Å². The van der Waals surface area contributed by atoms with Gasteiger partial charge in [-0.05, 0) is 31.3 Å². The van der Waals surface area contributed by atoms with E-state index in [9.17, 15) is 0 Å². The normalized spacial score (nSPS) is 41.8. The van der Waals surface area contributed by atoms with Crippen LogP contribution in [0.1, 0.15) is 34.1 Å². The molecule has 0 aromatic heterocycles. The summed E-state index contributed by atoms with van der Waals surface area (Å²) in [5, 5.41) is 3.57. The second-order valence-electron chi connectivity index (χ2n) is 7.12. The minimum Gasteiger partial charge on any atom is -0.381 e. The Morgan fingerprint density at radius 1 is 1.11 bits per heavy atom. The monoisotopic (exact) mass is 254 g/mol. The van der Waals surface area contributed by atoms with Crippen molar-refractivity contribution in [3.8, 4) is 0 Å². The van der Waals surface area contributed by atoms with Crippen LogP contribution >= 0.6 is 0 Å². The van der Waals surface area contributed by atoms with Gasteiger partial charge in [-0.25, -0.2) is 0 Å². The molecule has 2 rings (SSSR count). The zero-order valence-corrected chi connectivity index (χ0v) is 12.7. The van der Waals surface area contributed by atoms with Crippen LogP contribution in [0.25, 0.3) is 0 Å². The molecule has 0 spiro atoms. The highest BCUT2D eigenvalue weighted by Gasteiger charge is 2.51. The summed E-state index contributed by atoms with van der Waals surface area (Å²) in [6.45, 7) is 14.2. The lowest BCUT2D eigenvalue weighted by atomic mass is 9.63. The molecular formula is C15H30N2O. The first kappa shape index (κ1) is 14.3. The minimum absolute atomic E-state index is 0.306. The summed E-state index contributed by atoms with van der Waals surface area (Å²) in [7, 11) is 1.85. The number of ether oxygens (including phenoxy) is 1. The molecule has 1 heterocycles. The Balaban J connectivity index is 2.01. The van der Waals surface area contributed by atoms with Gasteiger partial charge in [-0.15, -0.1) is 0 Å². The molecule has 3 nitrogen and oxygen atoms in total. The van der Waals surface area contributed by atoms with E-state index in [1.165, 1.54) is 19.5 Å².